The second-order valence-electron chi connectivity index (χ2n) is 6.59. The fourth-order valence-corrected chi connectivity index (χ4v) is 3.81. The van der Waals surface area contributed by atoms with E-state index in [1.165, 1.54) is 16.9 Å². The molecule has 3 aromatic rings. The highest BCUT2D eigenvalue weighted by Crippen LogP contribution is 2.32. The predicted molar refractivity (Wildman–Crippen MR) is 105 cm³/mol. The van der Waals surface area contributed by atoms with E-state index in [9.17, 15) is 4.79 Å². The molecule has 3 rings (SSSR count). The molecule has 1 amide bonds. The minimum atomic E-state index is -0.123. The number of aromatic nitrogens is 1. The van der Waals surface area contributed by atoms with E-state index in [-0.39, 0.29) is 5.91 Å². The van der Waals surface area contributed by atoms with E-state index in [1.54, 1.807) is 0 Å². The van der Waals surface area contributed by atoms with Crippen LogP contribution >= 0.6 is 11.3 Å². The zero-order chi connectivity index (χ0) is 17.8. The van der Waals surface area contributed by atoms with Gasteiger partial charge in [-0.3, -0.25) is 4.79 Å². The largest absolute Gasteiger partial charge is 0.397 e. The van der Waals surface area contributed by atoms with Crippen LogP contribution in [0.2, 0.25) is 0 Å². The van der Waals surface area contributed by atoms with Gasteiger partial charge in [0, 0.05) is 17.6 Å². The molecule has 0 saturated carbocycles. The molecule has 0 aliphatic heterocycles. The summed E-state index contributed by atoms with van der Waals surface area (Å²) in [5.41, 5.74) is 8.95. The normalized spacial score (nSPS) is 11.2. The molecule has 5 heteroatoms. The highest BCUT2D eigenvalue weighted by Gasteiger charge is 2.17. The Morgan fingerprint density at radius 2 is 1.96 bits per heavy atom. The van der Waals surface area contributed by atoms with Crippen molar-refractivity contribution < 1.29 is 4.79 Å². The molecule has 0 aliphatic carbocycles. The Morgan fingerprint density at radius 1 is 1.20 bits per heavy atom. The molecule has 0 saturated heterocycles. The molecule has 0 aliphatic rings. The molecule has 0 spiro atoms. The Bertz CT molecular complexity index is 871. The van der Waals surface area contributed by atoms with Gasteiger partial charge in [0.1, 0.15) is 9.71 Å². The van der Waals surface area contributed by atoms with Crippen LogP contribution in [-0.2, 0) is 12.8 Å². The van der Waals surface area contributed by atoms with Gasteiger partial charge in [-0.2, -0.15) is 0 Å². The van der Waals surface area contributed by atoms with E-state index in [0.717, 1.165) is 28.8 Å². The summed E-state index contributed by atoms with van der Waals surface area (Å²) in [6.45, 7) is 4.92. The minimum Gasteiger partial charge on any atom is -0.397 e. The number of hydrogen-bond acceptors (Lipinski definition) is 4. The fraction of sp³-hybridized carbons (Fsp3) is 0.300. The second-order valence-corrected chi connectivity index (χ2v) is 7.59. The molecule has 0 fully saturated rings. The summed E-state index contributed by atoms with van der Waals surface area (Å²) in [7, 11) is 0. The molecule has 4 nitrogen and oxygen atoms in total. The highest BCUT2D eigenvalue weighted by molar-refractivity contribution is 7.21. The number of carbonyl (C=O) groups excluding carboxylic acids is 1. The molecule has 130 valence electrons. The van der Waals surface area contributed by atoms with Gasteiger partial charge in [-0.25, -0.2) is 4.98 Å². The highest BCUT2D eigenvalue weighted by atomic mass is 32.1. The summed E-state index contributed by atoms with van der Waals surface area (Å²) in [6, 6.07) is 14.1. The molecule has 0 atom stereocenters. The van der Waals surface area contributed by atoms with E-state index in [0.29, 0.717) is 23.0 Å². The Hall–Kier alpha value is -2.40. The van der Waals surface area contributed by atoms with Crippen molar-refractivity contribution in [3.8, 4) is 0 Å². The third kappa shape index (κ3) is 4.17. The van der Waals surface area contributed by atoms with Crippen LogP contribution in [0.25, 0.3) is 10.2 Å². The van der Waals surface area contributed by atoms with Crippen LogP contribution in [0.3, 0.4) is 0 Å². The SMILES string of the molecule is CC(C)Cc1ccc2c(N)c(C(=O)NCCc3ccccc3)sc2n1. The zero-order valence-corrected chi connectivity index (χ0v) is 15.4. The molecular weight excluding hydrogens is 330 g/mol. The number of carbonyl (C=O) groups is 1. The third-order valence-corrected chi connectivity index (χ3v) is 5.13. The van der Waals surface area contributed by atoms with Crippen LogP contribution in [0.5, 0.6) is 0 Å². The van der Waals surface area contributed by atoms with Crippen molar-refractivity contribution in [3.05, 3.63) is 58.6 Å². The van der Waals surface area contributed by atoms with Crippen molar-refractivity contribution in [2.45, 2.75) is 26.7 Å². The van der Waals surface area contributed by atoms with Gasteiger partial charge in [-0.15, -0.1) is 11.3 Å². The number of rotatable bonds is 6. The maximum atomic E-state index is 12.5. The van der Waals surface area contributed by atoms with Gasteiger partial charge in [-0.05, 0) is 36.5 Å². The van der Waals surface area contributed by atoms with Crippen molar-refractivity contribution in [2.75, 3.05) is 12.3 Å². The first-order chi connectivity index (χ1) is 12.0. The van der Waals surface area contributed by atoms with Gasteiger partial charge in [0.15, 0.2) is 0 Å². The number of nitrogens with two attached hydrogens (primary N) is 1. The first-order valence-corrected chi connectivity index (χ1v) is 9.36. The van der Waals surface area contributed by atoms with Crippen LogP contribution in [0, 0.1) is 5.92 Å². The van der Waals surface area contributed by atoms with Gasteiger partial charge in [0.05, 0.1) is 5.69 Å². The smallest absolute Gasteiger partial charge is 0.263 e. The van der Waals surface area contributed by atoms with Crippen molar-refractivity contribution in [1.29, 1.82) is 0 Å². The molecule has 1 aromatic carbocycles. The van der Waals surface area contributed by atoms with E-state index >= 15 is 0 Å². The molecule has 0 unspecified atom stereocenters. The van der Waals surface area contributed by atoms with Crippen molar-refractivity contribution in [1.82, 2.24) is 10.3 Å². The van der Waals surface area contributed by atoms with Gasteiger partial charge in [0.2, 0.25) is 0 Å². The summed E-state index contributed by atoms with van der Waals surface area (Å²) in [5, 5.41) is 3.83. The topological polar surface area (TPSA) is 68.0 Å². The fourth-order valence-electron chi connectivity index (χ4n) is 2.78. The summed E-state index contributed by atoms with van der Waals surface area (Å²) in [6.07, 6.45) is 1.72. The molecule has 2 aromatic heterocycles. The monoisotopic (exact) mass is 353 g/mol. The quantitative estimate of drug-likeness (QED) is 0.702. The van der Waals surface area contributed by atoms with Gasteiger partial charge < -0.3 is 11.1 Å². The van der Waals surface area contributed by atoms with Crippen LogP contribution in [0.4, 0.5) is 5.69 Å². The van der Waals surface area contributed by atoms with Crippen LogP contribution in [-0.4, -0.2) is 17.4 Å². The first-order valence-electron chi connectivity index (χ1n) is 8.54. The predicted octanol–water partition coefficient (Wildman–Crippen LogP) is 4.05. The minimum absolute atomic E-state index is 0.123. The maximum absolute atomic E-state index is 12.5. The summed E-state index contributed by atoms with van der Waals surface area (Å²) in [4.78, 5) is 18.5. The number of nitrogen functional groups attached to an aromatic ring is 1. The van der Waals surface area contributed by atoms with Crippen molar-refractivity contribution in [3.63, 3.8) is 0 Å². The lowest BCUT2D eigenvalue weighted by Crippen LogP contribution is -2.25. The first kappa shape index (κ1) is 17.4. The Labute approximate surface area is 152 Å². The Balaban J connectivity index is 1.71. The number of hydrogen-bond donors (Lipinski definition) is 2. The van der Waals surface area contributed by atoms with E-state index in [2.05, 4.69) is 36.3 Å². The summed E-state index contributed by atoms with van der Waals surface area (Å²) >= 11 is 1.37. The average molecular weight is 353 g/mol. The number of thiophene rings is 1. The van der Waals surface area contributed by atoms with Crippen LogP contribution in [0.1, 0.15) is 34.8 Å². The average Bonchev–Trinajstić information content (AvgIpc) is 2.91. The van der Waals surface area contributed by atoms with E-state index in [1.807, 2.05) is 30.3 Å². The van der Waals surface area contributed by atoms with E-state index in [4.69, 9.17) is 5.73 Å². The summed E-state index contributed by atoms with van der Waals surface area (Å²) in [5.74, 6) is 0.421. The molecule has 2 heterocycles. The van der Waals surface area contributed by atoms with Gasteiger partial charge in [-0.1, -0.05) is 44.2 Å². The molecule has 3 N–H and O–H groups in total. The van der Waals surface area contributed by atoms with Crippen LogP contribution in [0.15, 0.2) is 42.5 Å². The number of nitrogens with one attached hydrogen (secondary N) is 1. The lowest BCUT2D eigenvalue weighted by molar-refractivity contribution is 0.0959. The molecule has 0 bridgehead atoms. The molecule has 0 radical (unpaired) electrons. The number of benzene rings is 1. The van der Waals surface area contributed by atoms with Gasteiger partial charge >= 0.3 is 0 Å². The van der Waals surface area contributed by atoms with Crippen molar-refractivity contribution >= 4 is 33.1 Å². The number of nitrogens with zero attached hydrogens (tertiary/aromatic N) is 1. The van der Waals surface area contributed by atoms with E-state index < -0.39 is 0 Å². The number of amides is 1. The third-order valence-electron chi connectivity index (χ3n) is 4.02. The maximum Gasteiger partial charge on any atom is 0.263 e. The lowest BCUT2D eigenvalue weighted by Gasteiger charge is -2.04. The Morgan fingerprint density at radius 3 is 2.68 bits per heavy atom. The standard InChI is InChI=1S/C20H23N3OS/c1-13(2)12-15-8-9-16-17(21)18(25-20(16)23-15)19(24)22-11-10-14-6-4-3-5-7-14/h3-9,13H,10-12,21H2,1-2H3,(H,22,24). The number of anilines is 1. The lowest BCUT2D eigenvalue weighted by atomic mass is 10.1. The van der Waals surface area contributed by atoms with Crippen LogP contribution < -0.4 is 11.1 Å². The molecule has 25 heavy (non-hydrogen) atoms. The number of fused-ring (bicyclic) bond motifs is 1. The second kappa shape index (κ2) is 7.66. The Kier molecular flexibility index (Phi) is 5.34. The van der Waals surface area contributed by atoms with Crippen molar-refractivity contribution in [2.24, 2.45) is 5.92 Å². The van der Waals surface area contributed by atoms with Gasteiger partial charge in [0.25, 0.3) is 5.91 Å². The number of pyridine rings is 1. The summed E-state index contributed by atoms with van der Waals surface area (Å²) < 4.78 is 0. The zero-order valence-electron chi connectivity index (χ0n) is 14.6. The molecular formula is C20H23N3OS.